The molecule has 100 valence electrons. The quantitative estimate of drug-likeness (QED) is 0.786. The van der Waals surface area contributed by atoms with Crippen LogP contribution in [0.2, 0.25) is 10.0 Å². The monoisotopic (exact) mass is 357 g/mol. The zero-order chi connectivity index (χ0) is 13.8. The molecule has 2 aromatic carbocycles. The van der Waals surface area contributed by atoms with E-state index in [0.29, 0.717) is 5.02 Å². The number of hydrogen-bond acceptors (Lipinski definition) is 1. The predicted molar refractivity (Wildman–Crippen MR) is 86.1 cm³/mol. The molecule has 1 unspecified atom stereocenters. The maximum absolute atomic E-state index is 6.27. The van der Waals surface area contributed by atoms with Gasteiger partial charge in [-0.2, -0.15) is 0 Å². The van der Waals surface area contributed by atoms with Crippen LogP contribution in [-0.2, 0) is 6.42 Å². The van der Waals surface area contributed by atoms with Gasteiger partial charge in [0, 0.05) is 20.6 Å². The third kappa shape index (κ3) is 3.73. The fourth-order valence-corrected chi connectivity index (χ4v) is 2.91. The maximum Gasteiger partial charge on any atom is 0.0454 e. The molecule has 0 saturated carbocycles. The predicted octanol–water partition coefficient (Wildman–Crippen LogP) is 5.26. The van der Waals surface area contributed by atoms with Crippen molar-refractivity contribution in [3.63, 3.8) is 0 Å². The fraction of sp³-hybridized carbons (Fsp3) is 0.200. The molecule has 0 aliphatic heterocycles. The average Bonchev–Trinajstić information content (AvgIpc) is 2.41. The molecule has 2 rings (SSSR count). The number of halogens is 3. The van der Waals surface area contributed by atoms with Crippen LogP contribution in [0.3, 0.4) is 0 Å². The molecule has 0 spiro atoms. The highest BCUT2D eigenvalue weighted by Crippen LogP contribution is 2.30. The lowest BCUT2D eigenvalue weighted by molar-refractivity contribution is 0.591. The first-order chi connectivity index (χ1) is 9.11. The summed E-state index contributed by atoms with van der Waals surface area (Å²) in [6, 6.07) is 13.9. The topological polar surface area (TPSA) is 12.0 Å². The minimum atomic E-state index is 0.130. The molecule has 0 saturated heterocycles. The molecule has 0 aliphatic rings. The molecule has 0 aliphatic carbocycles. The molecule has 1 atom stereocenters. The van der Waals surface area contributed by atoms with E-state index in [1.54, 1.807) is 6.07 Å². The highest BCUT2D eigenvalue weighted by molar-refractivity contribution is 9.10. The van der Waals surface area contributed by atoms with Crippen LogP contribution in [0.5, 0.6) is 0 Å². The molecule has 4 heteroatoms. The van der Waals surface area contributed by atoms with Crippen LogP contribution in [0.25, 0.3) is 0 Å². The van der Waals surface area contributed by atoms with Gasteiger partial charge in [-0.1, -0.05) is 57.3 Å². The second kappa shape index (κ2) is 6.76. The second-order valence-electron chi connectivity index (χ2n) is 4.30. The molecule has 1 nitrogen and oxygen atoms in total. The first-order valence-corrected chi connectivity index (χ1v) is 7.52. The standard InChI is InChI=1S/C15H14BrCl2N/c1-19-15(8-10-4-2-3-5-13(10)16)12-9-11(17)6-7-14(12)18/h2-7,9,15,19H,8H2,1H3. The molecule has 0 radical (unpaired) electrons. The summed E-state index contributed by atoms with van der Waals surface area (Å²) in [5.41, 5.74) is 2.25. The molecular weight excluding hydrogens is 345 g/mol. The van der Waals surface area contributed by atoms with Crippen molar-refractivity contribution < 1.29 is 0 Å². The molecule has 0 heterocycles. The first-order valence-electron chi connectivity index (χ1n) is 5.97. The zero-order valence-corrected chi connectivity index (χ0v) is 13.6. The molecule has 19 heavy (non-hydrogen) atoms. The molecule has 0 bridgehead atoms. The Bertz CT molecular complexity index is 572. The van der Waals surface area contributed by atoms with E-state index >= 15 is 0 Å². The van der Waals surface area contributed by atoms with Gasteiger partial charge in [0.05, 0.1) is 0 Å². The second-order valence-corrected chi connectivity index (χ2v) is 6.00. The normalized spacial score (nSPS) is 12.4. The van der Waals surface area contributed by atoms with Crippen LogP contribution < -0.4 is 5.32 Å². The van der Waals surface area contributed by atoms with Gasteiger partial charge in [0.25, 0.3) is 0 Å². The summed E-state index contributed by atoms with van der Waals surface area (Å²) in [5.74, 6) is 0. The third-order valence-electron chi connectivity index (χ3n) is 3.06. The number of rotatable bonds is 4. The van der Waals surface area contributed by atoms with Gasteiger partial charge in [-0.15, -0.1) is 0 Å². The van der Waals surface area contributed by atoms with Gasteiger partial charge in [-0.05, 0) is 48.9 Å². The number of benzene rings is 2. The molecule has 1 N–H and O–H groups in total. The van der Waals surface area contributed by atoms with Crippen molar-refractivity contribution in [1.29, 1.82) is 0 Å². The lowest BCUT2D eigenvalue weighted by Crippen LogP contribution is -2.19. The van der Waals surface area contributed by atoms with Gasteiger partial charge in [0.1, 0.15) is 0 Å². The van der Waals surface area contributed by atoms with Crippen molar-refractivity contribution in [1.82, 2.24) is 5.32 Å². The van der Waals surface area contributed by atoms with Crippen molar-refractivity contribution in [3.05, 3.63) is 68.1 Å². The highest BCUT2D eigenvalue weighted by Gasteiger charge is 2.15. The SMILES string of the molecule is CNC(Cc1ccccc1Br)c1cc(Cl)ccc1Cl. The average molecular weight is 359 g/mol. The van der Waals surface area contributed by atoms with Crippen LogP contribution in [0.1, 0.15) is 17.2 Å². The van der Waals surface area contributed by atoms with E-state index in [1.165, 1.54) is 5.56 Å². The minimum Gasteiger partial charge on any atom is -0.313 e. The maximum atomic E-state index is 6.27. The van der Waals surface area contributed by atoms with E-state index in [1.807, 2.05) is 37.4 Å². The van der Waals surface area contributed by atoms with Crippen molar-refractivity contribution in [2.24, 2.45) is 0 Å². The summed E-state index contributed by atoms with van der Waals surface area (Å²) in [7, 11) is 1.93. The van der Waals surface area contributed by atoms with E-state index in [9.17, 15) is 0 Å². The lowest BCUT2D eigenvalue weighted by Gasteiger charge is -2.19. The van der Waals surface area contributed by atoms with E-state index in [0.717, 1.165) is 21.5 Å². The van der Waals surface area contributed by atoms with Gasteiger partial charge in [-0.25, -0.2) is 0 Å². The largest absolute Gasteiger partial charge is 0.313 e. The van der Waals surface area contributed by atoms with Crippen LogP contribution >= 0.6 is 39.1 Å². The van der Waals surface area contributed by atoms with Crippen molar-refractivity contribution in [2.45, 2.75) is 12.5 Å². The lowest BCUT2D eigenvalue weighted by atomic mass is 9.99. The smallest absolute Gasteiger partial charge is 0.0454 e. The Morgan fingerprint density at radius 1 is 1.16 bits per heavy atom. The highest BCUT2D eigenvalue weighted by atomic mass is 79.9. The summed E-state index contributed by atoms with van der Waals surface area (Å²) in [6.07, 6.45) is 0.845. The Labute approximate surface area is 132 Å². The molecule has 2 aromatic rings. The summed E-state index contributed by atoms with van der Waals surface area (Å²) in [5, 5.41) is 4.73. The number of likely N-dealkylation sites (N-methyl/N-ethyl adjacent to an activating group) is 1. The summed E-state index contributed by atoms with van der Waals surface area (Å²) in [4.78, 5) is 0. The Balaban J connectivity index is 2.30. The number of hydrogen-bond donors (Lipinski definition) is 1. The molecule has 0 aromatic heterocycles. The Morgan fingerprint density at radius 2 is 1.89 bits per heavy atom. The van der Waals surface area contributed by atoms with Gasteiger partial charge < -0.3 is 5.32 Å². The van der Waals surface area contributed by atoms with Gasteiger partial charge in [0.2, 0.25) is 0 Å². The molecule has 0 fully saturated rings. The van der Waals surface area contributed by atoms with Crippen molar-refractivity contribution in [3.8, 4) is 0 Å². The van der Waals surface area contributed by atoms with Gasteiger partial charge >= 0.3 is 0 Å². The van der Waals surface area contributed by atoms with Gasteiger partial charge in [-0.3, -0.25) is 0 Å². The van der Waals surface area contributed by atoms with Crippen molar-refractivity contribution >= 4 is 39.1 Å². The minimum absolute atomic E-state index is 0.130. The number of nitrogens with one attached hydrogen (secondary N) is 1. The van der Waals surface area contributed by atoms with Crippen LogP contribution in [0.4, 0.5) is 0 Å². The zero-order valence-electron chi connectivity index (χ0n) is 10.5. The van der Waals surface area contributed by atoms with Crippen LogP contribution in [-0.4, -0.2) is 7.05 Å². The van der Waals surface area contributed by atoms with Crippen LogP contribution in [0, 0.1) is 0 Å². The van der Waals surface area contributed by atoms with E-state index in [-0.39, 0.29) is 6.04 Å². The fourth-order valence-electron chi connectivity index (χ4n) is 2.03. The molecule has 0 amide bonds. The van der Waals surface area contributed by atoms with Crippen LogP contribution in [0.15, 0.2) is 46.9 Å². The third-order valence-corrected chi connectivity index (χ3v) is 4.42. The Kier molecular flexibility index (Phi) is 5.28. The van der Waals surface area contributed by atoms with Crippen molar-refractivity contribution in [2.75, 3.05) is 7.05 Å². The summed E-state index contributed by atoms with van der Waals surface area (Å²) >= 11 is 15.9. The Hall–Kier alpha value is -0.540. The van der Waals surface area contributed by atoms with E-state index in [2.05, 4.69) is 27.3 Å². The molecular formula is C15H14BrCl2N. The Morgan fingerprint density at radius 3 is 2.58 bits per heavy atom. The summed E-state index contributed by atoms with van der Waals surface area (Å²) < 4.78 is 1.11. The van der Waals surface area contributed by atoms with Gasteiger partial charge in [0.15, 0.2) is 0 Å². The first kappa shape index (κ1) is 14.9. The summed E-state index contributed by atoms with van der Waals surface area (Å²) in [6.45, 7) is 0. The van der Waals surface area contributed by atoms with E-state index in [4.69, 9.17) is 23.2 Å². The van der Waals surface area contributed by atoms with E-state index < -0.39 is 0 Å².